The van der Waals surface area contributed by atoms with Crippen LogP contribution in [0.1, 0.15) is 13.3 Å². The van der Waals surface area contributed by atoms with Gasteiger partial charge in [-0.15, -0.1) is 0 Å². The Morgan fingerprint density at radius 2 is 2.20 bits per heavy atom. The topological polar surface area (TPSA) is 48.1 Å². The first-order valence-corrected chi connectivity index (χ1v) is 5.07. The molecule has 1 heterocycles. The number of fused-ring (bicyclic) bond motifs is 1. The summed E-state index contributed by atoms with van der Waals surface area (Å²) in [6.07, 6.45) is 4.55. The molecule has 0 atom stereocenters. The molecule has 0 fully saturated rings. The van der Waals surface area contributed by atoms with Crippen LogP contribution < -0.4 is 10.5 Å². The second-order valence-electron chi connectivity index (χ2n) is 3.46. The van der Waals surface area contributed by atoms with Crippen LogP contribution in [0.15, 0.2) is 30.6 Å². The summed E-state index contributed by atoms with van der Waals surface area (Å²) in [5.41, 5.74) is 6.56. The van der Waals surface area contributed by atoms with Crippen molar-refractivity contribution in [2.45, 2.75) is 13.3 Å². The normalized spacial score (nSPS) is 10.5. The molecule has 1 aromatic heterocycles. The SMILES string of the molecule is CCCOc1cc2cnccc2cc1N. The molecule has 15 heavy (non-hydrogen) atoms. The minimum Gasteiger partial charge on any atom is -0.491 e. The smallest absolute Gasteiger partial charge is 0.142 e. The number of aromatic nitrogens is 1. The number of nitrogen functional groups attached to an aromatic ring is 1. The van der Waals surface area contributed by atoms with Gasteiger partial charge in [-0.25, -0.2) is 0 Å². The van der Waals surface area contributed by atoms with Gasteiger partial charge in [0.15, 0.2) is 0 Å². The van der Waals surface area contributed by atoms with Gasteiger partial charge in [0.25, 0.3) is 0 Å². The van der Waals surface area contributed by atoms with Crippen molar-refractivity contribution in [1.29, 1.82) is 0 Å². The van der Waals surface area contributed by atoms with E-state index in [9.17, 15) is 0 Å². The van der Waals surface area contributed by atoms with E-state index < -0.39 is 0 Å². The number of ether oxygens (including phenoxy) is 1. The minimum atomic E-state index is 0.683. The third kappa shape index (κ3) is 2.01. The Labute approximate surface area is 88.9 Å². The fourth-order valence-electron chi connectivity index (χ4n) is 1.47. The van der Waals surface area contributed by atoms with E-state index in [1.165, 1.54) is 0 Å². The molecule has 0 aliphatic heterocycles. The van der Waals surface area contributed by atoms with Crippen molar-refractivity contribution in [1.82, 2.24) is 4.98 Å². The summed E-state index contributed by atoms with van der Waals surface area (Å²) >= 11 is 0. The van der Waals surface area contributed by atoms with E-state index in [1.54, 1.807) is 6.20 Å². The van der Waals surface area contributed by atoms with Crippen LogP contribution in [0.3, 0.4) is 0 Å². The first-order chi connectivity index (χ1) is 7.31. The number of nitrogens with two attached hydrogens (primary N) is 1. The van der Waals surface area contributed by atoms with E-state index in [4.69, 9.17) is 10.5 Å². The van der Waals surface area contributed by atoms with Crippen molar-refractivity contribution in [3.63, 3.8) is 0 Å². The maximum Gasteiger partial charge on any atom is 0.142 e. The Balaban J connectivity index is 2.43. The zero-order chi connectivity index (χ0) is 10.7. The van der Waals surface area contributed by atoms with Crippen molar-refractivity contribution in [3.8, 4) is 5.75 Å². The third-order valence-corrected chi connectivity index (χ3v) is 2.23. The molecule has 0 aliphatic rings. The summed E-state index contributed by atoms with van der Waals surface area (Å²) in [5, 5.41) is 2.14. The van der Waals surface area contributed by atoms with Crippen molar-refractivity contribution < 1.29 is 4.74 Å². The number of benzene rings is 1. The van der Waals surface area contributed by atoms with Gasteiger partial charge in [0.2, 0.25) is 0 Å². The van der Waals surface area contributed by atoms with Crippen LogP contribution in [0.5, 0.6) is 5.75 Å². The van der Waals surface area contributed by atoms with Crippen LogP contribution in [0.4, 0.5) is 5.69 Å². The van der Waals surface area contributed by atoms with Crippen molar-refractivity contribution in [2.75, 3.05) is 12.3 Å². The fourth-order valence-corrected chi connectivity index (χ4v) is 1.47. The summed E-state index contributed by atoms with van der Waals surface area (Å²) in [6.45, 7) is 2.76. The number of pyridine rings is 1. The van der Waals surface area contributed by atoms with Crippen LogP contribution in [0.2, 0.25) is 0 Å². The van der Waals surface area contributed by atoms with E-state index in [-0.39, 0.29) is 0 Å². The predicted octanol–water partition coefficient (Wildman–Crippen LogP) is 2.61. The zero-order valence-electron chi connectivity index (χ0n) is 8.73. The number of nitrogens with zero attached hydrogens (tertiary/aromatic N) is 1. The van der Waals surface area contributed by atoms with Crippen LogP contribution in [0.25, 0.3) is 10.8 Å². The third-order valence-electron chi connectivity index (χ3n) is 2.23. The van der Waals surface area contributed by atoms with Gasteiger partial charge in [-0.2, -0.15) is 0 Å². The van der Waals surface area contributed by atoms with E-state index in [1.807, 2.05) is 24.4 Å². The van der Waals surface area contributed by atoms with Gasteiger partial charge in [-0.05, 0) is 30.0 Å². The Morgan fingerprint density at radius 1 is 1.33 bits per heavy atom. The molecule has 3 nitrogen and oxygen atoms in total. The second kappa shape index (κ2) is 4.17. The number of rotatable bonds is 3. The largest absolute Gasteiger partial charge is 0.491 e. The molecule has 0 unspecified atom stereocenters. The summed E-state index contributed by atoms with van der Waals surface area (Å²) in [5.74, 6) is 0.748. The highest BCUT2D eigenvalue weighted by molar-refractivity contribution is 5.87. The quantitative estimate of drug-likeness (QED) is 0.778. The Bertz CT molecular complexity index is 468. The lowest BCUT2D eigenvalue weighted by molar-refractivity contribution is 0.319. The molecular formula is C12H14N2O. The average molecular weight is 202 g/mol. The molecule has 0 saturated heterocycles. The monoisotopic (exact) mass is 202 g/mol. The number of hydrogen-bond donors (Lipinski definition) is 1. The van der Waals surface area contributed by atoms with Crippen LogP contribution in [0, 0.1) is 0 Å². The first-order valence-electron chi connectivity index (χ1n) is 5.07. The Morgan fingerprint density at radius 3 is 3.00 bits per heavy atom. The van der Waals surface area contributed by atoms with Gasteiger partial charge in [0, 0.05) is 17.8 Å². The fraction of sp³-hybridized carbons (Fsp3) is 0.250. The maximum atomic E-state index is 5.88. The highest BCUT2D eigenvalue weighted by Crippen LogP contribution is 2.27. The van der Waals surface area contributed by atoms with Gasteiger partial charge in [0.05, 0.1) is 12.3 Å². The highest BCUT2D eigenvalue weighted by Gasteiger charge is 2.02. The highest BCUT2D eigenvalue weighted by atomic mass is 16.5. The van der Waals surface area contributed by atoms with Crippen molar-refractivity contribution in [2.24, 2.45) is 0 Å². The van der Waals surface area contributed by atoms with Gasteiger partial charge in [-0.1, -0.05) is 6.92 Å². The molecule has 78 valence electrons. The van der Waals surface area contributed by atoms with Crippen LogP contribution in [-0.4, -0.2) is 11.6 Å². The first kappa shape index (κ1) is 9.77. The zero-order valence-corrected chi connectivity index (χ0v) is 8.73. The molecule has 0 amide bonds. The molecule has 2 aromatic rings. The van der Waals surface area contributed by atoms with Gasteiger partial charge < -0.3 is 10.5 Å². The lowest BCUT2D eigenvalue weighted by Gasteiger charge is -2.08. The van der Waals surface area contributed by atoms with E-state index >= 15 is 0 Å². The molecule has 0 spiro atoms. The summed E-state index contributed by atoms with van der Waals surface area (Å²) in [7, 11) is 0. The molecule has 1 aromatic carbocycles. The van der Waals surface area contributed by atoms with Crippen LogP contribution in [-0.2, 0) is 0 Å². The van der Waals surface area contributed by atoms with Crippen LogP contribution >= 0.6 is 0 Å². The summed E-state index contributed by atoms with van der Waals surface area (Å²) < 4.78 is 5.54. The summed E-state index contributed by atoms with van der Waals surface area (Å²) in [4.78, 5) is 4.07. The molecule has 2 rings (SSSR count). The average Bonchev–Trinajstić information content (AvgIpc) is 2.26. The van der Waals surface area contributed by atoms with Gasteiger partial charge in [0.1, 0.15) is 5.75 Å². The molecule has 0 radical (unpaired) electrons. The maximum absolute atomic E-state index is 5.88. The van der Waals surface area contributed by atoms with Crippen molar-refractivity contribution in [3.05, 3.63) is 30.6 Å². The van der Waals surface area contributed by atoms with E-state index in [0.29, 0.717) is 12.3 Å². The molecule has 0 bridgehead atoms. The number of hydrogen-bond acceptors (Lipinski definition) is 3. The molecule has 0 aliphatic carbocycles. The van der Waals surface area contributed by atoms with Gasteiger partial charge >= 0.3 is 0 Å². The molecular weight excluding hydrogens is 188 g/mol. The standard InChI is InChI=1S/C12H14N2O/c1-2-5-15-12-7-10-8-14-4-3-9(10)6-11(12)13/h3-4,6-8H,2,5,13H2,1H3. The second-order valence-corrected chi connectivity index (χ2v) is 3.46. The van der Waals surface area contributed by atoms with E-state index in [0.717, 1.165) is 22.9 Å². The Kier molecular flexibility index (Phi) is 2.72. The lowest BCUT2D eigenvalue weighted by atomic mass is 10.1. The molecule has 2 N–H and O–H groups in total. The van der Waals surface area contributed by atoms with Gasteiger partial charge in [-0.3, -0.25) is 4.98 Å². The Hall–Kier alpha value is -1.77. The lowest BCUT2D eigenvalue weighted by Crippen LogP contribution is -1.99. The molecule has 3 heteroatoms. The van der Waals surface area contributed by atoms with E-state index in [2.05, 4.69) is 11.9 Å². The molecule has 0 saturated carbocycles. The number of anilines is 1. The summed E-state index contributed by atoms with van der Waals surface area (Å²) in [6, 6.07) is 5.80. The predicted molar refractivity (Wildman–Crippen MR) is 61.9 cm³/mol. The van der Waals surface area contributed by atoms with Crippen molar-refractivity contribution >= 4 is 16.5 Å². The minimum absolute atomic E-state index is 0.683.